The molecule has 0 radical (unpaired) electrons. The van der Waals surface area contributed by atoms with Crippen LogP contribution in [0.4, 0.5) is 0 Å². The predicted molar refractivity (Wildman–Crippen MR) is 79.6 cm³/mol. The van der Waals surface area contributed by atoms with Crippen LogP contribution in [0, 0.1) is 11.3 Å². The lowest BCUT2D eigenvalue weighted by Crippen LogP contribution is -2.11. The monoisotopic (exact) mass is 266 g/mol. The number of pyridine rings is 1. The fourth-order valence-corrected chi connectivity index (χ4v) is 2.04. The molecule has 1 heterocycles. The van der Waals surface area contributed by atoms with Crippen molar-refractivity contribution in [2.24, 2.45) is 0 Å². The van der Waals surface area contributed by atoms with Gasteiger partial charge in [0, 0.05) is 23.5 Å². The Morgan fingerprint density at radius 1 is 1.15 bits per heavy atom. The van der Waals surface area contributed by atoms with Crippen LogP contribution in [0.15, 0.2) is 36.7 Å². The molecule has 3 heteroatoms. The van der Waals surface area contributed by atoms with Gasteiger partial charge in [-0.3, -0.25) is 4.98 Å². The van der Waals surface area contributed by atoms with E-state index in [0.29, 0.717) is 5.56 Å². The Balaban J connectivity index is 2.55. The van der Waals surface area contributed by atoms with Gasteiger partial charge >= 0.3 is 0 Å². The van der Waals surface area contributed by atoms with Gasteiger partial charge in [-0.1, -0.05) is 32.9 Å². The highest BCUT2D eigenvalue weighted by atomic mass is 16.5. The molecule has 0 atom stereocenters. The topological polar surface area (TPSA) is 45.9 Å². The lowest BCUT2D eigenvalue weighted by atomic mass is 9.86. The molecule has 0 amide bonds. The number of hydrogen-bond acceptors (Lipinski definition) is 3. The van der Waals surface area contributed by atoms with Gasteiger partial charge in [0.25, 0.3) is 0 Å². The summed E-state index contributed by atoms with van der Waals surface area (Å²) in [7, 11) is 1.66. The molecule has 2 aromatic rings. The number of ether oxygens (including phenoxy) is 1. The van der Waals surface area contributed by atoms with E-state index in [2.05, 4.69) is 37.9 Å². The number of nitrogens with zero attached hydrogens (tertiary/aromatic N) is 2. The second-order valence-electron chi connectivity index (χ2n) is 5.74. The molecule has 1 aromatic heterocycles. The minimum Gasteiger partial charge on any atom is -0.496 e. The summed E-state index contributed by atoms with van der Waals surface area (Å²) < 4.78 is 5.50. The Morgan fingerprint density at radius 2 is 1.90 bits per heavy atom. The van der Waals surface area contributed by atoms with Gasteiger partial charge in [0.05, 0.1) is 12.7 Å². The van der Waals surface area contributed by atoms with Gasteiger partial charge in [-0.2, -0.15) is 5.26 Å². The van der Waals surface area contributed by atoms with Crippen molar-refractivity contribution in [1.29, 1.82) is 5.26 Å². The van der Waals surface area contributed by atoms with Gasteiger partial charge in [0.2, 0.25) is 0 Å². The highest BCUT2D eigenvalue weighted by Crippen LogP contribution is 2.34. The number of rotatable bonds is 2. The highest BCUT2D eigenvalue weighted by Gasteiger charge is 2.16. The number of hydrogen-bond donors (Lipinski definition) is 0. The average Bonchev–Trinajstić information content (AvgIpc) is 2.45. The van der Waals surface area contributed by atoms with Crippen LogP contribution in [-0.4, -0.2) is 12.1 Å². The smallest absolute Gasteiger partial charge is 0.127 e. The van der Waals surface area contributed by atoms with Gasteiger partial charge in [-0.15, -0.1) is 0 Å². The second kappa shape index (κ2) is 5.34. The fourth-order valence-electron chi connectivity index (χ4n) is 2.04. The van der Waals surface area contributed by atoms with Gasteiger partial charge in [0.1, 0.15) is 11.8 Å². The first-order valence-corrected chi connectivity index (χ1v) is 6.50. The van der Waals surface area contributed by atoms with E-state index in [1.54, 1.807) is 19.5 Å². The highest BCUT2D eigenvalue weighted by molar-refractivity contribution is 5.71. The molecule has 0 bridgehead atoms. The van der Waals surface area contributed by atoms with Crippen molar-refractivity contribution < 1.29 is 4.74 Å². The molecule has 0 saturated carbocycles. The third-order valence-electron chi connectivity index (χ3n) is 3.25. The summed E-state index contributed by atoms with van der Waals surface area (Å²) in [5, 5.41) is 8.96. The van der Waals surface area contributed by atoms with Crippen molar-refractivity contribution in [3.63, 3.8) is 0 Å². The Bertz CT molecular complexity index is 663. The molecule has 0 spiro atoms. The molecule has 0 aliphatic rings. The Hall–Kier alpha value is -2.34. The molecular weight excluding hydrogens is 248 g/mol. The predicted octanol–water partition coefficient (Wildman–Crippen LogP) is 3.93. The number of benzene rings is 1. The third-order valence-corrected chi connectivity index (χ3v) is 3.25. The second-order valence-corrected chi connectivity index (χ2v) is 5.74. The summed E-state index contributed by atoms with van der Waals surface area (Å²) in [5.74, 6) is 0.800. The molecule has 0 unspecified atom stereocenters. The molecule has 0 N–H and O–H groups in total. The minimum atomic E-state index is 0.0680. The van der Waals surface area contributed by atoms with E-state index >= 15 is 0 Å². The van der Waals surface area contributed by atoms with Crippen molar-refractivity contribution in [3.05, 3.63) is 47.8 Å². The molecule has 3 nitrogen and oxygen atoms in total. The standard InChI is InChI=1S/C17H18N2O/c1-17(2,3)14-5-6-15(16(8-14)20-4)13-7-12(9-18)10-19-11-13/h5-8,10-11H,1-4H3. The largest absolute Gasteiger partial charge is 0.496 e. The molecule has 2 rings (SSSR count). The maximum absolute atomic E-state index is 8.96. The van der Waals surface area contributed by atoms with Crippen LogP contribution in [0.25, 0.3) is 11.1 Å². The summed E-state index contributed by atoms with van der Waals surface area (Å²) in [6, 6.07) is 10.1. The lowest BCUT2D eigenvalue weighted by Gasteiger charge is -2.21. The Morgan fingerprint density at radius 3 is 2.50 bits per heavy atom. The Labute approximate surface area is 119 Å². The van der Waals surface area contributed by atoms with Crippen molar-refractivity contribution in [1.82, 2.24) is 4.98 Å². The zero-order chi connectivity index (χ0) is 14.8. The molecule has 0 aliphatic heterocycles. The maximum atomic E-state index is 8.96. The van der Waals surface area contributed by atoms with Crippen LogP contribution >= 0.6 is 0 Å². The molecule has 0 fully saturated rings. The average molecular weight is 266 g/mol. The number of methoxy groups -OCH3 is 1. The SMILES string of the molecule is COc1cc(C(C)(C)C)ccc1-c1cncc(C#N)c1. The van der Waals surface area contributed by atoms with E-state index in [0.717, 1.165) is 16.9 Å². The molecule has 20 heavy (non-hydrogen) atoms. The van der Waals surface area contributed by atoms with E-state index in [1.807, 2.05) is 18.2 Å². The van der Waals surface area contributed by atoms with E-state index in [4.69, 9.17) is 10.00 Å². The minimum absolute atomic E-state index is 0.0680. The van der Waals surface area contributed by atoms with Gasteiger partial charge in [-0.25, -0.2) is 0 Å². The van der Waals surface area contributed by atoms with E-state index in [1.165, 1.54) is 5.56 Å². The van der Waals surface area contributed by atoms with Gasteiger partial charge < -0.3 is 4.74 Å². The quantitative estimate of drug-likeness (QED) is 0.827. The summed E-state index contributed by atoms with van der Waals surface area (Å²) in [5.41, 5.74) is 3.66. The van der Waals surface area contributed by atoms with Gasteiger partial charge in [-0.05, 0) is 23.1 Å². The third kappa shape index (κ3) is 2.80. The summed E-state index contributed by atoms with van der Waals surface area (Å²) in [6.45, 7) is 6.50. The summed E-state index contributed by atoms with van der Waals surface area (Å²) in [6.07, 6.45) is 3.30. The van der Waals surface area contributed by atoms with Crippen LogP contribution in [0.5, 0.6) is 5.75 Å². The van der Waals surface area contributed by atoms with E-state index in [9.17, 15) is 0 Å². The summed E-state index contributed by atoms with van der Waals surface area (Å²) in [4.78, 5) is 4.10. The van der Waals surface area contributed by atoms with Crippen LogP contribution in [-0.2, 0) is 5.41 Å². The van der Waals surface area contributed by atoms with Crippen molar-refractivity contribution in [2.45, 2.75) is 26.2 Å². The van der Waals surface area contributed by atoms with Crippen LogP contribution < -0.4 is 4.74 Å². The zero-order valence-electron chi connectivity index (χ0n) is 12.3. The molecular formula is C17H18N2O. The Kier molecular flexibility index (Phi) is 3.76. The maximum Gasteiger partial charge on any atom is 0.127 e. The molecule has 1 aromatic carbocycles. The first-order valence-electron chi connectivity index (χ1n) is 6.50. The molecule has 0 saturated heterocycles. The normalized spacial score (nSPS) is 10.9. The molecule has 0 aliphatic carbocycles. The van der Waals surface area contributed by atoms with Crippen molar-refractivity contribution in [2.75, 3.05) is 7.11 Å². The molecule has 102 valence electrons. The lowest BCUT2D eigenvalue weighted by molar-refractivity contribution is 0.414. The van der Waals surface area contributed by atoms with E-state index < -0.39 is 0 Å². The summed E-state index contributed by atoms with van der Waals surface area (Å²) >= 11 is 0. The zero-order valence-corrected chi connectivity index (χ0v) is 12.3. The van der Waals surface area contributed by atoms with Gasteiger partial charge in [0.15, 0.2) is 0 Å². The van der Waals surface area contributed by atoms with Crippen LogP contribution in [0.2, 0.25) is 0 Å². The van der Waals surface area contributed by atoms with Crippen molar-refractivity contribution >= 4 is 0 Å². The number of nitriles is 1. The van der Waals surface area contributed by atoms with Crippen LogP contribution in [0.1, 0.15) is 31.9 Å². The first kappa shape index (κ1) is 14.1. The van der Waals surface area contributed by atoms with E-state index in [-0.39, 0.29) is 5.41 Å². The fraction of sp³-hybridized carbons (Fsp3) is 0.294. The first-order chi connectivity index (χ1) is 9.45. The van der Waals surface area contributed by atoms with Crippen LogP contribution in [0.3, 0.4) is 0 Å². The van der Waals surface area contributed by atoms with Crippen molar-refractivity contribution in [3.8, 4) is 22.9 Å². The number of aromatic nitrogens is 1.